The van der Waals surface area contributed by atoms with Gasteiger partial charge in [0.05, 0.1) is 13.5 Å². The van der Waals surface area contributed by atoms with Crippen LogP contribution in [0.25, 0.3) is 0 Å². The molecule has 2 rings (SSSR count). The molecule has 104 valence electrons. The molecule has 2 aliphatic rings. The standard InChI is InChI=1S/C14H24O3S/c1-11-4-3-5-12(8-11)18(16)10-14(6-7-14)9-13(15)17-2/h11-12H,3-10H2,1-2H3. The lowest BCUT2D eigenvalue weighted by Gasteiger charge is -2.27. The van der Waals surface area contributed by atoms with E-state index in [1.54, 1.807) is 0 Å². The monoisotopic (exact) mass is 272 g/mol. The van der Waals surface area contributed by atoms with Gasteiger partial charge in [0.1, 0.15) is 0 Å². The molecule has 0 aromatic carbocycles. The zero-order chi connectivity index (χ0) is 13.2. The van der Waals surface area contributed by atoms with Crippen molar-refractivity contribution in [1.29, 1.82) is 0 Å². The smallest absolute Gasteiger partial charge is 0.306 e. The molecule has 18 heavy (non-hydrogen) atoms. The predicted molar refractivity (Wildman–Crippen MR) is 72.7 cm³/mol. The predicted octanol–water partition coefficient (Wildman–Crippen LogP) is 2.66. The SMILES string of the molecule is COC(=O)CC1(CS(=O)C2CCCC(C)C2)CC1. The Morgan fingerprint density at radius 1 is 1.39 bits per heavy atom. The first kappa shape index (κ1) is 14.0. The molecule has 0 heterocycles. The number of carbonyl (C=O) groups is 1. The molecule has 0 bridgehead atoms. The van der Waals surface area contributed by atoms with E-state index in [-0.39, 0.29) is 11.4 Å². The fourth-order valence-corrected chi connectivity index (χ4v) is 5.17. The van der Waals surface area contributed by atoms with E-state index in [1.807, 2.05) is 0 Å². The Labute approximate surface area is 112 Å². The van der Waals surface area contributed by atoms with Gasteiger partial charge in [-0.05, 0) is 37.0 Å². The number of carbonyl (C=O) groups excluding carboxylic acids is 1. The summed E-state index contributed by atoms with van der Waals surface area (Å²) in [6.45, 7) is 2.25. The van der Waals surface area contributed by atoms with Gasteiger partial charge < -0.3 is 4.74 Å². The molecule has 3 nitrogen and oxygen atoms in total. The lowest BCUT2D eigenvalue weighted by atomic mass is 9.91. The number of ether oxygens (including phenoxy) is 1. The first-order valence-electron chi connectivity index (χ1n) is 6.99. The van der Waals surface area contributed by atoms with Gasteiger partial charge in [0.25, 0.3) is 0 Å². The second-order valence-electron chi connectivity index (χ2n) is 6.17. The second kappa shape index (κ2) is 5.72. The van der Waals surface area contributed by atoms with Crippen LogP contribution in [0.5, 0.6) is 0 Å². The third kappa shape index (κ3) is 3.56. The highest BCUT2D eigenvalue weighted by Crippen LogP contribution is 2.50. The van der Waals surface area contributed by atoms with Crippen LogP contribution in [-0.2, 0) is 20.3 Å². The minimum atomic E-state index is -0.760. The van der Waals surface area contributed by atoms with Gasteiger partial charge in [-0.2, -0.15) is 0 Å². The van der Waals surface area contributed by atoms with E-state index in [0.717, 1.165) is 25.7 Å². The average molecular weight is 272 g/mol. The molecule has 0 aromatic heterocycles. The number of hydrogen-bond acceptors (Lipinski definition) is 3. The maximum absolute atomic E-state index is 12.4. The van der Waals surface area contributed by atoms with Gasteiger partial charge in [0, 0.05) is 21.8 Å². The second-order valence-corrected chi connectivity index (χ2v) is 7.89. The topological polar surface area (TPSA) is 43.4 Å². The number of methoxy groups -OCH3 is 1. The van der Waals surface area contributed by atoms with Gasteiger partial charge >= 0.3 is 5.97 Å². The minimum Gasteiger partial charge on any atom is -0.469 e. The molecule has 0 saturated heterocycles. The van der Waals surface area contributed by atoms with E-state index < -0.39 is 10.8 Å². The van der Waals surface area contributed by atoms with E-state index in [1.165, 1.54) is 20.0 Å². The number of hydrogen-bond donors (Lipinski definition) is 0. The summed E-state index contributed by atoms with van der Waals surface area (Å²) in [5.74, 6) is 1.27. The Hall–Kier alpha value is -0.380. The summed E-state index contributed by atoms with van der Waals surface area (Å²) in [6.07, 6.45) is 7.22. The maximum atomic E-state index is 12.4. The summed E-state index contributed by atoms with van der Waals surface area (Å²) in [7, 11) is 0.668. The van der Waals surface area contributed by atoms with E-state index in [0.29, 0.717) is 23.3 Å². The fraction of sp³-hybridized carbons (Fsp3) is 0.929. The van der Waals surface area contributed by atoms with Crippen molar-refractivity contribution in [3.8, 4) is 0 Å². The van der Waals surface area contributed by atoms with Crippen molar-refractivity contribution in [2.24, 2.45) is 11.3 Å². The van der Waals surface area contributed by atoms with Gasteiger partial charge in [0.2, 0.25) is 0 Å². The Bertz CT molecular complexity index is 336. The van der Waals surface area contributed by atoms with Gasteiger partial charge in [-0.25, -0.2) is 0 Å². The van der Waals surface area contributed by atoms with Gasteiger partial charge in [-0.1, -0.05) is 19.8 Å². The van der Waals surface area contributed by atoms with Crippen molar-refractivity contribution in [1.82, 2.24) is 0 Å². The normalized spacial score (nSPS) is 31.7. The van der Waals surface area contributed by atoms with Gasteiger partial charge in [-0.3, -0.25) is 9.00 Å². The first-order valence-corrected chi connectivity index (χ1v) is 8.37. The summed E-state index contributed by atoms with van der Waals surface area (Å²) in [5, 5.41) is 0.365. The zero-order valence-corrected chi connectivity index (χ0v) is 12.3. The van der Waals surface area contributed by atoms with Crippen LogP contribution in [0.15, 0.2) is 0 Å². The molecular weight excluding hydrogens is 248 g/mol. The van der Waals surface area contributed by atoms with E-state index in [2.05, 4.69) is 6.92 Å². The summed E-state index contributed by atoms with van der Waals surface area (Å²) >= 11 is 0. The third-order valence-corrected chi connectivity index (χ3v) is 6.48. The van der Waals surface area contributed by atoms with Crippen molar-refractivity contribution in [2.75, 3.05) is 12.9 Å². The van der Waals surface area contributed by atoms with E-state index in [9.17, 15) is 9.00 Å². The molecule has 2 aliphatic carbocycles. The Morgan fingerprint density at radius 2 is 2.11 bits per heavy atom. The van der Waals surface area contributed by atoms with Crippen LogP contribution in [0.2, 0.25) is 0 Å². The lowest BCUT2D eigenvalue weighted by Crippen LogP contribution is -2.28. The summed E-state index contributed by atoms with van der Waals surface area (Å²) in [5.41, 5.74) is 0.0125. The Morgan fingerprint density at radius 3 is 2.67 bits per heavy atom. The van der Waals surface area contributed by atoms with Gasteiger partial charge in [0.15, 0.2) is 0 Å². The minimum absolute atomic E-state index is 0.0125. The molecule has 4 heteroatoms. The van der Waals surface area contributed by atoms with Crippen LogP contribution in [0, 0.1) is 11.3 Å². The number of esters is 1. The van der Waals surface area contributed by atoms with Gasteiger partial charge in [-0.15, -0.1) is 0 Å². The molecule has 2 fully saturated rings. The van der Waals surface area contributed by atoms with E-state index >= 15 is 0 Å². The van der Waals surface area contributed by atoms with Crippen LogP contribution in [0.4, 0.5) is 0 Å². The highest BCUT2D eigenvalue weighted by molar-refractivity contribution is 7.85. The van der Waals surface area contributed by atoms with Crippen LogP contribution in [-0.4, -0.2) is 28.3 Å². The maximum Gasteiger partial charge on any atom is 0.306 e. The quantitative estimate of drug-likeness (QED) is 0.723. The van der Waals surface area contributed by atoms with E-state index in [4.69, 9.17) is 4.74 Å². The summed E-state index contributed by atoms with van der Waals surface area (Å²) in [4.78, 5) is 11.4. The van der Waals surface area contributed by atoms with Crippen LogP contribution in [0.3, 0.4) is 0 Å². The number of rotatable bonds is 5. The highest BCUT2D eigenvalue weighted by Gasteiger charge is 2.46. The third-order valence-electron chi connectivity index (χ3n) is 4.41. The molecule has 0 spiro atoms. The fourth-order valence-electron chi connectivity index (χ4n) is 2.96. The molecule has 0 radical (unpaired) electrons. The van der Waals surface area contributed by atoms with Crippen molar-refractivity contribution in [3.63, 3.8) is 0 Å². The summed E-state index contributed by atoms with van der Waals surface area (Å²) < 4.78 is 17.2. The Balaban J connectivity index is 1.85. The highest BCUT2D eigenvalue weighted by atomic mass is 32.2. The molecule has 2 saturated carbocycles. The van der Waals surface area contributed by atoms with Crippen molar-refractivity contribution < 1.29 is 13.7 Å². The molecule has 0 N–H and O–H groups in total. The molecule has 3 atom stereocenters. The van der Waals surface area contributed by atoms with Crippen LogP contribution < -0.4 is 0 Å². The molecule has 0 amide bonds. The summed E-state index contributed by atoms with van der Waals surface area (Å²) in [6, 6.07) is 0. The molecule has 0 aliphatic heterocycles. The largest absolute Gasteiger partial charge is 0.469 e. The van der Waals surface area contributed by atoms with Crippen molar-refractivity contribution in [3.05, 3.63) is 0 Å². The average Bonchev–Trinajstić information content (AvgIpc) is 3.08. The molecular formula is C14H24O3S. The molecule has 3 unspecified atom stereocenters. The first-order chi connectivity index (χ1) is 8.54. The zero-order valence-electron chi connectivity index (χ0n) is 11.4. The van der Waals surface area contributed by atoms with Crippen molar-refractivity contribution in [2.45, 2.75) is 57.1 Å². The van der Waals surface area contributed by atoms with Crippen LogP contribution in [0.1, 0.15) is 51.9 Å². The van der Waals surface area contributed by atoms with Crippen molar-refractivity contribution >= 4 is 16.8 Å². The Kier molecular flexibility index (Phi) is 4.46. The van der Waals surface area contributed by atoms with Crippen LogP contribution >= 0.6 is 0 Å². The lowest BCUT2D eigenvalue weighted by molar-refractivity contribution is -0.141. The molecule has 0 aromatic rings.